The molecule has 0 aliphatic carbocycles. The number of carbonyl (C=O) groups is 1. The summed E-state index contributed by atoms with van der Waals surface area (Å²) >= 11 is 3.30. The standard InChI is InChI=1S/C18H19BrN8O2/c1-10(23-18(28)14-5-22-16-6-21-15(19)7-27(14)16)8-29-9-11-3-12(20)17-13(4-11)26(2)25-24-17/h3-7,10H,8-9,20H2,1-2H3,(H,23,28)/t10-/m1/s1. The molecular weight excluding hydrogens is 440 g/mol. The zero-order valence-corrected chi connectivity index (χ0v) is 17.4. The van der Waals surface area contributed by atoms with Crippen molar-refractivity contribution >= 4 is 44.2 Å². The van der Waals surface area contributed by atoms with Gasteiger partial charge in [-0.15, -0.1) is 5.10 Å². The molecule has 0 unspecified atom stereocenters. The summed E-state index contributed by atoms with van der Waals surface area (Å²) in [6.07, 6.45) is 4.81. The number of halogens is 1. The van der Waals surface area contributed by atoms with E-state index in [1.54, 1.807) is 21.5 Å². The van der Waals surface area contributed by atoms with Crippen LogP contribution in [0.15, 0.2) is 35.3 Å². The minimum atomic E-state index is -0.238. The lowest BCUT2D eigenvalue weighted by molar-refractivity contribution is 0.0816. The van der Waals surface area contributed by atoms with Gasteiger partial charge in [0.05, 0.1) is 36.8 Å². The Labute approximate surface area is 174 Å². The summed E-state index contributed by atoms with van der Waals surface area (Å²) in [7, 11) is 1.81. The van der Waals surface area contributed by atoms with Gasteiger partial charge in [0, 0.05) is 19.3 Å². The topological polar surface area (TPSA) is 125 Å². The van der Waals surface area contributed by atoms with E-state index in [2.05, 4.69) is 41.5 Å². The van der Waals surface area contributed by atoms with Gasteiger partial charge in [-0.2, -0.15) is 0 Å². The normalized spacial score (nSPS) is 12.5. The Kier molecular flexibility index (Phi) is 5.16. The summed E-state index contributed by atoms with van der Waals surface area (Å²) in [5.41, 5.74) is 10.1. The molecule has 0 saturated carbocycles. The van der Waals surface area contributed by atoms with E-state index in [4.69, 9.17) is 10.5 Å². The Bertz CT molecular complexity index is 1200. The van der Waals surface area contributed by atoms with E-state index in [-0.39, 0.29) is 11.9 Å². The van der Waals surface area contributed by atoms with E-state index in [0.29, 0.717) is 40.4 Å². The van der Waals surface area contributed by atoms with Crippen molar-refractivity contribution in [2.45, 2.75) is 19.6 Å². The van der Waals surface area contributed by atoms with Gasteiger partial charge in [0.15, 0.2) is 5.65 Å². The molecule has 150 valence electrons. The number of hydrogen-bond donors (Lipinski definition) is 2. The smallest absolute Gasteiger partial charge is 0.270 e. The highest BCUT2D eigenvalue weighted by molar-refractivity contribution is 9.10. The second kappa shape index (κ2) is 7.76. The van der Waals surface area contributed by atoms with Crippen molar-refractivity contribution in [2.75, 3.05) is 12.3 Å². The van der Waals surface area contributed by atoms with Crippen molar-refractivity contribution < 1.29 is 9.53 Å². The van der Waals surface area contributed by atoms with Crippen LogP contribution in [0.25, 0.3) is 16.7 Å². The molecule has 4 rings (SSSR count). The van der Waals surface area contributed by atoms with Crippen molar-refractivity contribution in [1.82, 2.24) is 34.7 Å². The summed E-state index contributed by atoms with van der Waals surface area (Å²) in [5, 5.41) is 10.9. The maximum absolute atomic E-state index is 12.6. The van der Waals surface area contributed by atoms with Gasteiger partial charge >= 0.3 is 0 Å². The molecule has 29 heavy (non-hydrogen) atoms. The predicted molar refractivity (Wildman–Crippen MR) is 110 cm³/mol. The zero-order chi connectivity index (χ0) is 20.5. The molecule has 4 aromatic rings. The van der Waals surface area contributed by atoms with Crippen molar-refractivity contribution in [3.63, 3.8) is 0 Å². The number of rotatable bonds is 6. The molecule has 11 heteroatoms. The summed E-state index contributed by atoms with van der Waals surface area (Å²) in [6, 6.07) is 3.57. The molecule has 1 amide bonds. The van der Waals surface area contributed by atoms with E-state index in [9.17, 15) is 4.79 Å². The molecule has 1 aromatic carbocycles. The second-order valence-electron chi connectivity index (χ2n) is 6.74. The average molecular weight is 459 g/mol. The number of anilines is 1. The van der Waals surface area contributed by atoms with Crippen LogP contribution in [-0.2, 0) is 18.4 Å². The lowest BCUT2D eigenvalue weighted by Gasteiger charge is -2.14. The monoisotopic (exact) mass is 458 g/mol. The fourth-order valence-electron chi connectivity index (χ4n) is 3.03. The number of aryl methyl sites for hydroxylation is 1. The van der Waals surface area contributed by atoms with Crippen LogP contribution in [0, 0.1) is 0 Å². The van der Waals surface area contributed by atoms with E-state index in [1.165, 1.54) is 6.20 Å². The first kappa shape index (κ1) is 19.3. The first-order valence-corrected chi connectivity index (χ1v) is 9.66. The van der Waals surface area contributed by atoms with Gasteiger partial charge in [-0.05, 0) is 40.5 Å². The third kappa shape index (κ3) is 3.91. The van der Waals surface area contributed by atoms with Gasteiger partial charge in [0.1, 0.15) is 15.8 Å². The molecule has 3 aromatic heterocycles. The number of amides is 1. The number of aromatic nitrogens is 6. The Balaban J connectivity index is 1.36. The molecule has 3 heterocycles. The van der Waals surface area contributed by atoms with Crippen LogP contribution in [-0.4, -0.2) is 47.9 Å². The fourth-order valence-corrected chi connectivity index (χ4v) is 3.33. The lowest BCUT2D eigenvalue weighted by atomic mass is 10.2. The largest absolute Gasteiger partial charge is 0.397 e. The summed E-state index contributed by atoms with van der Waals surface area (Å²) in [4.78, 5) is 20.9. The summed E-state index contributed by atoms with van der Waals surface area (Å²) < 4.78 is 9.73. The average Bonchev–Trinajstić information content (AvgIpc) is 3.25. The molecule has 1 atom stereocenters. The Hall–Kier alpha value is -3.05. The van der Waals surface area contributed by atoms with Gasteiger partial charge in [-0.25, -0.2) is 14.6 Å². The fraction of sp³-hybridized carbons (Fsp3) is 0.278. The SMILES string of the molecule is C[C@H](COCc1cc(N)c2nnn(C)c2c1)NC(=O)c1cnc2cnc(Br)cn12. The lowest BCUT2D eigenvalue weighted by Crippen LogP contribution is -2.36. The number of nitrogens with two attached hydrogens (primary N) is 1. The number of nitrogen functional groups attached to an aromatic ring is 1. The quantitative estimate of drug-likeness (QED) is 0.421. The van der Waals surface area contributed by atoms with E-state index in [0.717, 1.165) is 11.1 Å². The number of hydrogen-bond acceptors (Lipinski definition) is 7. The highest BCUT2D eigenvalue weighted by atomic mass is 79.9. The molecule has 0 fully saturated rings. The maximum atomic E-state index is 12.6. The number of imidazole rings is 1. The van der Waals surface area contributed by atoms with Crippen LogP contribution in [0.5, 0.6) is 0 Å². The number of nitrogens with zero attached hydrogens (tertiary/aromatic N) is 6. The van der Waals surface area contributed by atoms with Crippen molar-refractivity contribution in [3.8, 4) is 0 Å². The van der Waals surface area contributed by atoms with Gasteiger partial charge in [0.2, 0.25) is 0 Å². The van der Waals surface area contributed by atoms with Crippen molar-refractivity contribution in [1.29, 1.82) is 0 Å². The van der Waals surface area contributed by atoms with Crippen LogP contribution in [0.1, 0.15) is 23.0 Å². The number of ether oxygens (including phenoxy) is 1. The van der Waals surface area contributed by atoms with Gasteiger partial charge in [-0.3, -0.25) is 9.20 Å². The Morgan fingerprint density at radius 1 is 1.34 bits per heavy atom. The summed E-state index contributed by atoms with van der Waals surface area (Å²) in [6.45, 7) is 2.58. The van der Waals surface area contributed by atoms with Gasteiger partial charge < -0.3 is 15.8 Å². The molecular formula is C18H19BrN8O2. The summed E-state index contributed by atoms with van der Waals surface area (Å²) in [5.74, 6) is -0.238. The van der Waals surface area contributed by atoms with Crippen LogP contribution in [0.4, 0.5) is 5.69 Å². The van der Waals surface area contributed by atoms with Gasteiger partial charge in [-0.1, -0.05) is 5.21 Å². The minimum Gasteiger partial charge on any atom is -0.397 e. The highest BCUT2D eigenvalue weighted by Crippen LogP contribution is 2.21. The molecule has 0 bridgehead atoms. The van der Waals surface area contributed by atoms with Crippen LogP contribution in [0.2, 0.25) is 0 Å². The maximum Gasteiger partial charge on any atom is 0.270 e. The van der Waals surface area contributed by atoms with Gasteiger partial charge in [0.25, 0.3) is 5.91 Å². The molecule has 0 spiro atoms. The molecule has 0 radical (unpaired) electrons. The molecule has 0 saturated heterocycles. The number of nitrogens with one attached hydrogen (secondary N) is 1. The number of fused-ring (bicyclic) bond motifs is 2. The predicted octanol–water partition coefficient (Wildman–Crippen LogP) is 1.69. The number of benzene rings is 1. The Morgan fingerprint density at radius 3 is 3.00 bits per heavy atom. The second-order valence-corrected chi connectivity index (χ2v) is 7.55. The van der Waals surface area contributed by atoms with E-state index < -0.39 is 0 Å². The molecule has 0 aliphatic heterocycles. The zero-order valence-electron chi connectivity index (χ0n) is 15.8. The highest BCUT2D eigenvalue weighted by Gasteiger charge is 2.15. The van der Waals surface area contributed by atoms with Crippen molar-refractivity contribution in [2.24, 2.45) is 7.05 Å². The Morgan fingerprint density at radius 2 is 2.17 bits per heavy atom. The van der Waals surface area contributed by atoms with E-state index in [1.807, 2.05) is 26.1 Å². The van der Waals surface area contributed by atoms with Crippen LogP contribution in [0.3, 0.4) is 0 Å². The van der Waals surface area contributed by atoms with Crippen molar-refractivity contribution in [3.05, 3.63) is 46.6 Å². The molecule has 0 aliphatic rings. The first-order chi connectivity index (χ1) is 13.9. The first-order valence-electron chi connectivity index (χ1n) is 8.87. The van der Waals surface area contributed by atoms with Crippen LogP contribution >= 0.6 is 15.9 Å². The van der Waals surface area contributed by atoms with E-state index >= 15 is 0 Å². The molecule has 10 nitrogen and oxygen atoms in total. The number of carbonyl (C=O) groups excluding carboxylic acids is 1. The molecule has 3 N–H and O–H groups in total. The third-order valence-corrected chi connectivity index (χ3v) is 4.83. The van der Waals surface area contributed by atoms with Crippen LogP contribution < -0.4 is 11.1 Å². The third-order valence-electron chi connectivity index (χ3n) is 4.42. The minimum absolute atomic E-state index is 0.197.